The van der Waals surface area contributed by atoms with Crippen molar-refractivity contribution in [3.05, 3.63) is 66.6 Å². The number of aromatic nitrogens is 2. The fourth-order valence-corrected chi connectivity index (χ4v) is 1.63. The molecule has 0 amide bonds. The van der Waals surface area contributed by atoms with Gasteiger partial charge in [-0.2, -0.15) is 0 Å². The van der Waals surface area contributed by atoms with E-state index in [1.807, 2.05) is 12.1 Å². The third-order valence-corrected chi connectivity index (χ3v) is 2.55. The van der Waals surface area contributed by atoms with E-state index in [2.05, 4.69) is 41.2 Å². The molecule has 1 heterocycles. The number of nitrogens with zero attached hydrogens (tertiary/aromatic N) is 2. The van der Waals surface area contributed by atoms with Gasteiger partial charge in [0, 0.05) is 11.4 Å². The molecule has 0 fully saturated rings. The molecule has 1 aromatic carbocycles. The molecule has 1 aromatic heterocycles. The molecule has 0 aliphatic heterocycles. The minimum absolute atomic E-state index is 0.723. The van der Waals surface area contributed by atoms with E-state index in [0.717, 1.165) is 30.7 Å². The first-order valence-corrected chi connectivity index (χ1v) is 5.51. The Bertz CT molecular complexity index is 437. The van der Waals surface area contributed by atoms with Gasteiger partial charge in [0.15, 0.2) is 0 Å². The summed E-state index contributed by atoms with van der Waals surface area (Å²) in [6.07, 6.45) is 4.33. The second-order valence-electron chi connectivity index (χ2n) is 3.74. The summed E-state index contributed by atoms with van der Waals surface area (Å²) < 4.78 is 0. The van der Waals surface area contributed by atoms with E-state index >= 15 is 0 Å². The molecule has 0 saturated carbocycles. The molecule has 81 valence electrons. The van der Waals surface area contributed by atoms with Crippen LogP contribution in [0.1, 0.15) is 17.0 Å². The monoisotopic (exact) mass is 211 g/mol. The minimum Gasteiger partial charge on any atom is -0.241 e. The molecule has 0 N–H and O–H groups in total. The van der Waals surface area contributed by atoms with Crippen LogP contribution in [0.25, 0.3) is 0 Å². The zero-order valence-electron chi connectivity index (χ0n) is 9.26. The lowest BCUT2D eigenvalue weighted by molar-refractivity contribution is 0.885. The lowest BCUT2D eigenvalue weighted by atomic mass is 10.1. The van der Waals surface area contributed by atoms with Crippen LogP contribution in [-0.4, -0.2) is 9.97 Å². The third-order valence-electron chi connectivity index (χ3n) is 2.55. The van der Waals surface area contributed by atoms with Gasteiger partial charge in [0.2, 0.25) is 0 Å². The summed E-state index contributed by atoms with van der Waals surface area (Å²) in [6.45, 7) is 3.83. The van der Waals surface area contributed by atoms with E-state index in [-0.39, 0.29) is 0 Å². The molecule has 0 saturated heterocycles. The molecule has 0 bridgehead atoms. The highest BCUT2D eigenvalue weighted by Gasteiger charge is 1.98. The van der Waals surface area contributed by atoms with E-state index in [1.165, 1.54) is 5.56 Å². The Kier molecular flexibility index (Phi) is 3.65. The zero-order valence-corrected chi connectivity index (χ0v) is 9.26. The van der Waals surface area contributed by atoms with E-state index in [1.54, 1.807) is 6.33 Å². The molecule has 16 heavy (non-hydrogen) atoms. The molecule has 0 atom stereocenters. The molecule has 2 rings (SSSR count). The molecule has 0 aliphatic carbocycles. The highest BCUT2D eigenvalue weighted by atomic mass is 14.8. The van der Waals surface area contributed by atoms with Crippen molar-refractivity contribution < 1.29 is 0 Å². The summed E-state index contributed by atoms with van der Waals surface area (Å²) in [7, 11) is 0. The summed E-state index contributed by atoms with van der Waals surface area (Å²) in [5.74, 6) is 0. The van der Waals surface area contributed by atoms with Gasteiger partial charge in [0.05, 0.1) is 0 Å². The fourth-order valence-electron chi connectivity index (χ4n) is 1.63. The van der Waals surface area contributed by atoms with Crippen LogP contribution in [0.3, 0.4) is 0 Å². The fraction of sp³-hybridized carbons (Fsp3) is 0.214. The van der Waals surface area contributed by atoms with Gasteiger partial charge in [-0.1, -0.05) is 30.3 Å². The van der Waals surface area contributed by atoms with Crippen LogP contribution in [0.2, 0.25) is 0 Å². The predicted octanol–water partition coefficient (Wildman–Crippen LogP) is 2.64. The van der Waals surface area contributed by atoms with E-state index in [0.29, 0.717) is 0 Å². The quantitative estimate of drug-likeness (QED) is 0.777. The maximum Gasteiger partial charge on any atom is 0.115 e. The van der Waals surface area contributed by atoms with Gasteiger partial charge in [0.25, 0.3) is 0 Å². The molecular formula is C14H15N2. The van der Waals surface area contributed by atoms with Crippen LogP contribution >= 0.6 is 0 Å². The smallest absolute Gasteiger partial charge is 0.115 e. The average molecular weight is 211 g/mol. The van der Waals surface area contributed by atoms with Crippen LogP contribution in [0.15, 0.2) is 42.7 Å². The summed E-state index contributed by atoms with van der Waals surface area (Å²) in [6, 6.07) is 12.5. The first-order chi connectivity index (χ1) is 7.88. The van der Waals surface area contributed by atoms with Crippen LogP contribution in [-0.2, 0) is 19.3 Å². The van der Waals surface area contributed by atoms with Crippen molar-refractivity contribution in [1.82, 2.24) is 9.97 Å². The van der Waals surface area contributed by atoms with Gasteiger partial charge in [-0.15, -0.1) is 0 Å². The Morgan fingerprint density at radius 3 is 2.44 bits per heavy atom. The Hall–Kier alpha value is -1.70. The summed E-state index contributed by atoms with van der Waals surface area (Å²) in [4.78, 5) is 8.40. The summed E-state index contributed by atoms with van der Waals surface area (Å²) in [5.41, 5.74) is 3.45. The Balaban J connectivity index is 1.99. The van der Waals surface area contributed by atoms with Crippen molar-refractivity contribution in [2.45, 2.75) is 19.3 Å². The Labute approximate surface area is 96.4 Å². The van der Waals surface area contributed by atoms with Crippen molar-refractivity contribution in [2.24, 2.45) is 0 Å². The molecule has 1 radical (unpaired) electrons. The van der Waals surface area contributed by atoms with Gasteiger partial charge >= 0.3 is 0 Å². The van der Waals surface area contributed by atoms with Crippen molar-refractivity contribution in [3.63, 3.8) is 0 Å². The van der Waals surface area contributed by atoms with Gasteiger partial charge in [0.1, 0.15) is 6.33 Å². The highest BCUT2D eigenvalue weighted by molar-refractivity contribution is 5.17. The SMILES string of the molecule is [CH2]Cc1cc(CCc2ccccc2)ncn1. The van der Waals surface area contributed by atoms with Crippen molar-refractivity contribution in [3.8, 4) is 0 Å². The topological polar surface area (TPSA) is 25.8 Å². The van der Waals surface area contributed by atoms with Gasteiger partial charge in [-0.05, 0) is 37.8 Å². The van der Waals surface area contributed by atoms with Gasteiger partial charge in [-0.25, -0.2) is 9.97 Å². The lowest BCUT2D eigenvalue weighted by Gasteiger charge is -2.02. The zero-order chi connectivity index (χ0) is 11.2. The van der Waals surface area contributed by atoms with E-state index in [4.69, 9.17) is 0 Å². The van der Waals surface area contributed by atoms with Crippen LogP contribution in [0.5, 0.6) is 0 Å². The summed E-state index contributed by atoms with van der Waals surface area (Å²) in [5, 5.41) is 0. The van der Waals surface area contributed by atoms with Crippen molar-refractivity contribution in [1.29, 1.82) is 0 Å². The van der Waals surface area contributed by atoms with Gasteiger partial charge < -0.3 is 0 Å². The molecule has 0 aliphatic rings. The Morgan fingerprint density at radius 2 is 1.69 bits per heavy atom. The van der Waals surface area contributed by atoms with Gasteiger partial charge in [-0.3, -0.25) is 0 Å². The Morgan fingerprint density at radius 1 is 0.938 bits per heavy atom. The number of aryl methyl sites for hydroxylation is 2. The number of benzene rings is 1. The van der Waals surface area contributed by atoms with E-state index < -0.39 is 0 Å². The second kappa shape index (κ2) is 5.40. The van der Waals surface area contributed by atoms with Crippen molar-refractivity contribution >= 4 is 0 Å². The number of hydrogen-bond acceptors (Lipinski definition) is 2. The molecule has 2 aromatic rings. The average Bonchev–Trinajstić information content (AvgIpc) is 2.38. The summed E-state index contributed by atoms with van der Waals surface area (Å²) >= 11 is 0. The van der Waals surface area contributed by atoms with Crippen LogP contribution in [0.4, 0.5) is 0 Å². The largest absolute Gasteiger partial charge is 0.241 e. The minimum atomic E-state index is 0.723. The first kappa shape index (κ1) is 10.8. The predicted molar refractivity (Wildman–Crippen MR) is 64.9 cm³/mol. The lowest BCUT2D eigenvalue weighted by Crippen LogP contribution is -1.97. The third kappa shape index (κ3) is 2.89. The normalized spacial score (nSPS) is 10.3. The maximum absolute atomic E-state index is 4.26. The maximum atomic E-state index is 4.26. The van der Waals surface area contributed by atoms with E-state index in [9.17, 15) is 0 Å². The number of rotatable bonds is 4. The van der Waals surface area contributed by atoms with Crippen molar-refractivity contribution in [2.75, 3.05) is 0 Å². The highest BCUT2D eigenvalue weighted by Crippen LogP contribution is 2.06. The molecule has 0 spiro atoms. The van der Waals surface area contributed by atoms with Crippen LogP contribution < -0.4 is 0 Å². The molecule has 0 unspecified atom stereocenters. The van der Waals surface area contributed by atoms with Crippen LogP contribution in [0, 0.1) is 6.92 Å². The number of hydrogen-bond donors (Lipinski definition) is 0. The first-order valence-electron chi connectivity index (χ1n) is 5.51. The molecular weight excluding hydrogens is 196 g/mol. The second-order valence-corrected chi connectivity index (χ2v) is 3.74. The molecule has 2 heteroatoms. The standard InChI is InChI=1S/C14H15N2/c1-2-13-10-14(16-11-15-13)9-8-12-6-4-3-5-7-12/h3-7,10-11H,1-2,8-9H2. The molecule has 2 nitrogen and oxygen atoms in total.